The molecule has 0 saturated heterocycles. The summed E-state index contributed by atoms with van der Waals surface area (Å²) < 4.78 is 0. The standard InChI is InChI=1S/C14H14N2O2S/c1-7-2-5-9-10(6-7)14(18)16(13(9)17)11(12(15)19)8-3-4-8/h2,5-6,8,11H,3-4H2,1H3,(H2,15,19). The quantitative estimate of drug-likeness (QED) is 0.672. The first-order valence-corrected chi connectivity index (χ1v) is 6.69. The summed E-state index contributed by atoms with van der Waals surface area (Å²) in [7, 11) is 0. The molecule has 5 heteroatoms. The maximum Gasteiger partial charge on any atom is 0.262 e. The van der Waals surface area contributed by atoms with Crippen molar-refractivity contribution in [3.05, 3.63) is 34.9 Å². The van der Waals surface area contributed by atoms with E-state index in [0.29, 0.717) is 11.1 Å². The van der Waals surface area contributed by atoms with Crippen LogP contribution in [0.4, 0.5) is 0 Å². The number of carbonyl (C=O) groups is 2. The van der Waals surface area contributed by atoms with Crippen LogP contribution < -0.4 is 5.73 Å². The Hall–Kier alpha value is -1.75. The fourth-order valence-corrected chi connectivity index (χ4v) is 2.91. The summed E-state index contributed by atoms with van der Waals surface area (Å²) in [6.07, 6.45) is 1.93. The predicted octanol–water partition coefficient (Wildman–Crippen LogP) is 1.66. The van der Waals surface area contributed by atoms with Crippen molar-refractivity contribution in [1.29, 1.82) is 0 Å². The van der Waals surface area contributed by atoms with Crippen LogP contribution in [0.25, 0.3) is 0 Å². The average molecular weight is 274 g/mol. The molecule has 1 saturated carbocycles. The van der Waals surface area contributed by atoms with E-state index in [2.05, 4.69) is 0 Å². The number of aryl methyl sites for hydroxylation is 1. The lowest BCUT2D eigenvalue weighted by molar-refractivity contribution is 0.0613. The molecule has 1 fully saturated rings. The molecular weight excluding hydrogens is 260 g/mol. The van der Waals surface area contributed by atoms with E-state index >= 15 is 0 Å². The molecule has 0 radical (unpaired) electrons. The molecule has 0 spiro atoms. The summed E-state index contributed by atoms with van der Waals surface area (Å²) in [5.74, 6) is -0.307. The van der Waals surface area contributed by atoms with Crippen molar-refractivity contribution in [2.24, 2.45) is 11.7 Å². The normalized spacial score (nSPS) is 19.5. The van der Waals surface area contributed by atoms with Gasteiger partial charge in [0.05, 0.1) is 22.2 Å². The number of nitrogens with zero attached hydrogens (tertiary/aromatic N) is 1. The number of amides is 2. The van der Waals surface area contributed by atoms with Crippen molar-refractivity contribution < 1.29 is 9.59 Å². The minimum Gasteiger partial charge on any atom is -0.392 e. The van der Waals surface area contributed by atoms with E-state index in [0.717, 1.165) is 18.4 Å². The molecular formula is C14H14N2O2S. The van der Waals surface area contributed by atoms with Gasteiger partial charge in [-0.2, -0.15) is 0 Å². The van der Waals surface area contributed by atoms with Gasteiger partial charge in [0.25, 0.3) is 11.8 Å². The zero-order valence-electron chi connectivity index (χ0n) is 10.6. The van der Waals surface area contributed by atoms with E-state index in [4.69, 9.17) is 18.0 Å². The first-order chi connectivity index (χ1) is 9.00. The van der Waals surface area contributed by atoms with E-state index in [1.807, 2.05) is 13.0 Å². The van der Waals surface area contributed by atoms with Crippen LogP contribution in [0.5, 0.6) is 0 Å². The SMILES string of the molecule is Cc1ccc2c(c1)C(=O)N(C(C(N)=S)C1CC1)C2=O. The van der Waals surface area contributed by atoms with Crippen LogP contribution in [0.2, 0.25) is 0 Å². The Balaban J connectivity index is 2.04. The van der Waals surface area contributed by atoms with E-state index in [-0.39, 0.29) is 22.7 Å². The molecule has 2 aliphatic rings. The molecule has 3 rings (SSSR count). The monoisotopic (exact) mass is 274 g/mol. The van der Waals surface area contributed by atoms with Gasteiger partial charge < -0.3 is 5.73 Å². The van der Waals surface area contributed by atoms with Crippen LogP contribution in [0.1, 0.15) is 39.1 Å². The van der Waals surface area contributed by atoms with Gasteiger partial charge in [-0.1, -0.05) is 23.8 Å². The number of carbonyl (C=O) groups excluding carboxylic acids is 2. The number of fused-ring (bicyclic) bond motifs is 1. The van der Waals surface area contributed by atoms with Gasteiger partial charge in [-0.3, -0.25) is 14.5 Å². The number of benzene rings is 1. The molecule has 0 bridgehead atoms. The molecule has 1 heterocycles. The van der Waals surface area contributed by atoms with Gasteiger partial charge in [0.15, 0.2) is 0 Å². The highest BCUT2D eigenvalue weighted by atomic mass is 32.1. The average Bonchev–Trinajstić information content (AvgIpc) is 3.14. The minimum absolute atomic E-state index is 0.230. The lowest BCUT2D eigenvalue weighted by atomic mass is 10.1. The minimum atomic E-state index is -0.428. The molecule has 19 heavy (non-hydrogen) atoms. The highest BCUT2D eigenvalue weighted by Gasteiger charge is 2.46. The second-order valence-electron chi connectivity index (χ2n) is 5.21. The Morgan fingerprint density at radius 3 is 2.53 bits per heavy atom. The summed E-state index contributed by atoms with van der Waals surface area (Å²) in [4.78, 5) is 26.3. The third-order valence-electron chi connectivity index (χ3n) is 3.71. The van der Waals surface area contributed by atoms with Crippen LogP contribution >= 0.6 is 12.2 Å². The van der Waals surface area contributed by atoms with Gasteiger partial charge in [0, 0.05) is 0 Å². The summed E-state index contributed by atoms with van der Waals surface area (Å²) in [6.45, 7) is 1.90. The van der Waals surface area contributed by atoms with Gasteiger partial charge in [0.1, 0.15) is 0 Å². The van der Waals surface area contributed by atoms with Crippen molar-refractivity contribution in [3.63, 3.8) is 0 Å². The summed E-state index contributed by atoms with van der Waals surface area (Å²) in [5, 5.41) is 0. The van der Waals surface area contributed by atoms with E-state index < -0.39 is 6.04 Å². The van der Waals surface area contributed by atoms with Gasteiger partial charge in [-0.15, -0.1) is 0 Å². The van der Waals surface area contributed by atoms with Crippen LogP contribution in [0, 0.1) is 12.8 Å². The Bertz CT molecular complexity index is 607. The second kappa shape index (κ2) is 4.13. The van der Waals surface area contributed by atoms with Gasteiger partial charge >= 0.3 is 0 Å². The third-order valence-corrected chi connectivity index (χ3v) is 3.95. The molecule has 2 N–H and O–H groups in total. The lowest BCUT2D eigenvalue weighted by Gasteiger charge is -2.24. The van der Waals surface area contributed by atoms with E-state index in [1.165, 1.54) is 4.90 Å². The molecule has 1 aromatic rings. The fourth-order valence-electron chi connectivity index (χ4n) is 2.61. The largest absolute Gasteiger partial charge is 0.392 e. The van der Waals surface area contributed by atoms with Crippen molar-refractivity contribution in [1.82, 2.24) is 4.90 Å². The first kappa shape index (κ1) is 12.3. The molecule has 0 aromatic heterocycles. The first-order valence-electron chi connectivity index (χ1n) is 6.28. The van der Waals surface area contributed by atoms with E-state index in [1.54, 1.807) is 12.1 Å². The summed E-state index contributed by atoms with van der Waals surface area (Å²) in [6, 6.07) is 4.86. The van der Waals surface area contributed by atoms with Crippen molar-refractivity contribution in [3.8, 4) is 0 Å². The summed E-state index contributed by atoms with van der Waals surface area (Å²) >= 11 is 5.04. The second-order valence-corrected chi connectivity index (χ2v) is 5.69. The van der Waals surface area contributed by atoms with Crippen molar-refractivity contribution in [2.45, 2.75) is 25.8 Å². The Kier molecular flexibility index (Phi) is 2.67. The van der Waals surface area contributed by atoms with E-state index in [9.17, 15) is 9.59 Å². The maximum absolute atomic E-state index is 12.4. The van der Waals surface area contributed by atoms with Gasteiger partial charge in [-0.05, 0) is 37.8 Å². The summed E-state index contributed by atoms with van der Waals surface area (Å²) in [5.41, 5.74) is 7.61. The topological polar surface area (TPSA) is 63.4 Å². The van der Waals surface area contributed by atoms with Crippen LogP contribution in [-0.4, -0.2) is 27.7 Å². The number of thiocarbonyl (C=S) groups is 1. The smallest absolute Gasteiger partial charge is 0.262 e. The van der Waals surface area contributed by atoms with Gasteiger partial charge in [0.2, 0.25) is 0 Å². The zero-order valence-corrected chi connectivity index (χ0v) is 11.4. The molecule has 1 aromatic carbocycles. The molecule has 1 unspecified atom stereocenters. The molecule has 1 atom stereocenters. The van der Waals surface area contributed by atoms with Crippen molar-refractivity contribution in [2.75, 3.05) is 0 Å². The maximum atomic E-state index is 12.4. The highest BCUT2D eigenvalue weighted by Crippen LogP contribution is 2.38. The Morgan fingerprint density at radius 2 is 1.95 bits per heavy atom. The highest BCUT2D eigenvalue weighted by molar-refractivity contribution is 7.80. The zero-order chi connectivity index (χ0) is 13.7. The Morgan fingerprint density at radius 1 is 1.32 bits per heavy atom. The Labute approximate surface area is 116 Å². The molecule has 4 nitrogen and oxygen atoms in total. The number of hydrogen-bond donors (Lipinski definition) is 1. The van der Waals surface area contributed by atoms with Crippen molar-refractivity contribution >= 4 is 29.0 Å². The lowest BCUT2D eigenvalue weighted by Crippen LogP contribution is -2.48. The molecule has 2 amide bonds. The molecule has 98 valence electrons. The van der Waals surface area contributed by atoms with Crippen LogP contribution in [0.15, 0.2) is 18.2 Å². The van der Waals surface area contributed by atoms with Crippen LogP contribution in [0.3, 0.4) is 0 Å². The number of nitrogens with two attached hydrogens (primary N) is 1. The molecule has 1 aliphatic heterocycles. The fraction of sp³-hybridized carbons (Fsp3) is 0.357. The van der Waals surface area contributed by atoms with Crippen LogP contribution in [-0.2, 0) is 0 Å². The third kappa shape index (κ3) is 1.85. The number of rotatable bonds is 3. The van der Waals surface area contributed by atoms with Gasteiger partial charge in [-0.25, -0.2) is 0 Å². The number of hydrogen-bond acceptors (Lipinski definition) is 3. The predicted molar refractivity (Wildman–Crippen MR) is 75.0 cm³/mol. The number of imide groups is 1. The molecule has 1 aliphatic carbocycles.